The number of halogens is 2. The Labute approximate surface area is 86.2 Å². The molecule has 2 N–H and O–H groups in total. The van der Waals surface area contributed by atoms with Gasteiger partial charge < -0.3 is 5.73 Å². The van der Waals surface area contributed by atoms with Crippen LogP contribution < -0.4 is 5.73 Å². The number of hydrogen-bond donors (Lipinski definition) is 1. The topological polar surface area (TPSA) is 38.9 Å². The van der Waals surface area contributed by atoms with E-state index in [1.165, 1.54) is 11.3 Å². The Kier molecular flexibility index (Phi) is 3.21. The molecule has 0 aliphatic heterocycles. The minimum Gasteiger partial charge on any atom is -0.322 e. The number of nitrogens with zero attached hydrogens (tertiary/aromatic N) is 1. The maximum atomic E-state index is 12.8. The molecule has 0 aliphatic rings. The van der Waals surface area contributed by atoms with Gasteiger partial charge in [0.25, 0.3) is 5.92 Å². The molecule has 0 saturated carbocycles. The molecule has 0 aliphatic carbocycles. The Morgan fingerprint density at radius 3 is 2.43 bits per heavy atom. The van der Waals surface area contributed by atoms with E-state index in [4.69, 9.17) is 5.73 Å². The van der Waals surface area contributed by atoms with Crippen LogP contribution in [0.5, 0.6) is 0 Å². The maximum absolute atomic E-state index is 12.8. The van der Waals surface area contributed by atoms with E-state index in [0.717, 1.165) is 17.5 Å². The molecule has 0 spiro atoms. The van der Waals surface area contributed by atoms with E-state index in [1.54, 1.807) is 0 Å². The van der Waals surface area contributed by atoms with Crippen LogP contribution in [0.1, 0.15) is 22.5 Å². The summed E-state index contributed by atoms with van der Waals surface area (Å²) in [5.41, 5.74) is 6.26. The zero-order valence-corrected chi connectivity index (χ0v) is 9.29. The molecular weight excluding hydrogens is 206 g/mol. The highest BCUT2D eigenvalue weighted by Crippen LogP contribution is 2.22. The summed E-state index contributed by atoms with van der Waals surface area (Å²) in [5, 5.41) is 0.689. The highest BCUT2D eigenvalue weighted by molar-refractivity contribution is 7.11. The number of rotatable bonds is 3. The molecule has 1 aromatic heterocycles. The fourth-order valence-electron chi connectivity index (χ4n) is 0.994. The molecule has 0 aromatic carbocycles. The Morgan fingerprint density at radius 1 is 1.50 bits per heavy atom. The summed E-state index contributed by atoms with van der Waals surface area (Å²) in [6.07, 6.45) is 0.142. The quantitative estimate of drug-likeness (QED) is 0.848. The van der Waals surface area contributed by atoms with Gasteiger partial charge in [-0.05, 0) is 13.8 Å². The fraction of sp³-hybridized carbons (Fsp3) is 0.667. The summed E-state index contributed by atoms with van der Waals surface area (Å²) in [7, 11) is 0. The van der Waals surface area contributed by atoms with Crippen molar-refractivity contribution in [2.75, 3.05) is 0 Å². The van der Waals surface area contributed by atoms with Crippen molar-refractivity contribution in [3.05, 3.63) is 15.6 Å². The lowest BCUT2D eigenvalue weighted by Gasteiger charge is -2.17. The monoisotopic (exact) mass is 220 g/mol. The van der Waals surface area contributed by atoms with Crippen LogP contribution in [0.4, 0.5) is 8.78 Å². The summed E-state index contributed by atoms with van der Waals surface area (Å²) in [6, 6.07) is -1.15. The first-order chi connectivity index (χ1) is 6.30. The van der Waals surface area contributed by atoms with Crippen LogP contribution in [-0.2, 0) is 6.42 Å². The number of aryl methyl sites for hydroxylation is 2. The smallest absolute Gasteiger partial charge is 0.260 e. The summed E-state index contributed by atoms with van der Waals surface area (Å²) in [6.45, 7) is 4.63. The molecule has 0 radical (unpaired) electrons. The van der Waals surface area contributed by atoms with E-state index in [9.17, 15) is 8.78 Å². The fourth-order valence-corrected chi connectivity index (χ4v) is 1.99. The maximum Gasteiger partial charge on any atom is 0.260 e. The van der Waals surface area contributed by atoms with Crippen LogP contribution >= 0.6 is 11.3 Å². The molecule has 0 amide bonds. The molecule has 0 saturated heterocycles. The van der Waals surface area contributed by atoms with Crippen LogP contribution in [0, 0.1) is 13.8 Å². The van der Waals surface area contributed by atoms with E-state index >= 15 is 0 Å². The average molecular weight is 220 g/mol. The predicted molar refractivity (Wildman–Crippen MR) is 53.9 cm³/mol. The number of nitrogens with two attached hydrogens (primary N) is 1. The molecule has 80 valence electrons. The van der Waals surface area contributed by atoms with Crippen molar-refractivity contribution in [2.45, 2.75) is 39.2 Å². The van der Waals surface area contributed by atoms with Crippen molar-refractivity contribution in [2.24, 2.45) is 5.73 Å². The van der Waals surface area contributed by atoms with Crippen molar-refractivity contribution in [3.8, 4) is 0 Å². The van der Waals surface area contributed by atoms with Crippen LogP contribution in [0.2, 0.25) is 0 Å². The lowest BCUT2D eigenvalue weighted by molar-refractivity contribution is -0.00515. The first-order valence-corrected chi connectivity index (χ1v) is 5.18. The van der Waals surface area contributed by atoms with Gasteiger partial charge in [0.15, 0.2) is 0 Å². The molecule has 5 heteroatoms. The molecule has 0 fully saturated rings. The van der Waals surface area contributed by atoms with Crippen molar-refractivity contribution in [1.82, 2.24) is 4.98 Å². The van der Waals surface area contributed by atoms with Gasteiger partial charge in [-0.1, -0.05) is 0 Å². The van der Waals surface area contributed by atoms with Crippen molar-refractivity contribution < 1.29 is 8.78 Å². The predicted octanol–water partition coefficient (Wildman–Crippen LogP) is 2.28. The van der Waals surface area contributed by atoms with Crippen LogP contribution in [-0.4, -0.2) is 16.9 Å². The minimum absolute atomic E-state index is 0.142. The third kappa shape index (κ3) is 2.72. The lowest BCUT2D eigenvalue weighted by Crippen LogP contribution is -2.40. The third-order valence-electron chi connectivity index (χ3n) is 2.12. The van der Waals surface area contributed by atoms with Crippen molar-refractivity contribution in [3.63, 3.8) is 0 Å². The van der Waals surface area contributed by atoms with Gasteiger partial charge >= 0.3 is 0 Å². The molecule has 14 heavy (non-hydrogen) atoms. The molecule has 1 aromatic rings. The van der Waals surface area contributed by atoms with Crippen LogP contribution in [0.15, 0.2) is 0 Å². The standard InChI is InChI=1S/C9H14F2N2S/c1-5-6(2)14-8(13-5)4-7(12)9(3,10)11/h7H,4,12H2,1-3H3. The minimum atomic E-state index is -2.84. The normalized spacial score (nSPS) is 14.4. The van der Waals surface area contributed by atoms with E-state index in [0.29, 0.717) is 5.01 Å². The first-order valence-electron chi connectivity index (χ1n) is 4.37. The second-order valence-electron chi connectivity index (χ2n) is 3.52. The van der Waals surface area contributed by atoms with Crippen molar-refractivity contribution >= 4 is 11.3 Å². The van der Waals surface area contributed by atoms with Gasteiger partial charge in [0.05, 0.1) is 16.7 Å². The third-order valence-corrected chi connectivity index (χ3v) is 3.21. The molecule has 1 rings (SSSR count). The van der Waals surface area contributed by atoms with Crippen LogP contribution in [0.25, 0.3) is 0 Å². The number of alkyl halides is 2. The van der Waals surface area contributed by atoms with E-state index in [1.807, 2.05) is 13.8 Å². The molecule has 1 heterocycles. The zero-order valence-electron chi connectivity index (χ0n) is 8.47. The van der Waals surface area contributed by atoms with Crippen molar-refractivity contribution in [1.29, 1.82) is 0 Å². The highest BCUT2D eigenvalue weighted by atomic mass is 32.1. The molecule has 2 nitrogen and oxygen atoms in total. The number of thiazole rings is 1. The van der Waals surface area contributed by atoms with E-state index in [-0.39, 0.29) is 6.42 Å². The number of hydrogen-bond acceptors (Lipinski definition) is 3. The Morgan fingerprint density at radius 2 is 2.07 bits per heavy atom. The molecule has 1 atom stereocenters. The molecule has 0 bridgehead atoms. The summed E-state index contributed by atoms with van der Waals surface area (Å²) < 4.78 is 25.5. The first kappa shape index (κ1) is 11.5. The largest absolute Gasteiger partial charge is 0.322 e. The summed E-state index contributed by atoms with van der Waals surface area (Å²) in [5.74, 6) is -2.84. The lowest BCUT2D eigenvalue weighted by atomic mass is 10.1. The Bertz CT molecular complexity index is 298. The average Bonchev–Trinajstić information content (AvgIpc) is 2.29. The Hall–Kier alpha value is -0.550. The second kappa shape index (κ2) is 3.90. The van der Waals surface area contributed by atoms with Gasteiger partial charge in [-0.25, -0.2) is 13.8 Å². The van der Waals surface area contributed by atoms with Crippen LogP contribution in [0.3, 0.4) is 0 Å². The molecular formula is C9H14F2N2S. The van der Waals surface area contributed by atoms with Gasteiger partial charge in [-0.15, -0.1) is 11.3 Å². The van der Waals surface area contributed by atoms with Gasteiger partial charge in [-0.3, -0.25) is 0 Å². The van der Waals surface area contributed by atoms with E-state index in [2.05, 4.69) is 4.98 Å². The second-order valence-corrected chi connectivity index (χ2v) is 4.80. The van der Waals surface area contributed by atoms with Gasteiger partial charge in [0.1, 0.15) is 0 Å². The highest BCUT2D eigenvalue weighted by Gasteiger charge is 2.31. The number of aromatic nitrogens is 1. The molecule has 1 unspecified atom stereocenters. The van der Waals surface area contributed by atoms with Gasteiger partial charge in [0, 0.05) is 18.2 Å². The summed E-state index contributed by atoms with van der Waals surface area (Å²) >= 11 is 1.43. The van der Waals surface area contributed by atoms with Gasteiger partial charge in [0.2, 0.25) is 0 Å². The zero-order chi connectivity index (χ0) is 10.9. The summed E-state index contributed by atoms with van der Waals surface area (Å²) in [4.78, 5) is 5.23. The Balaban J connectivity index is 2.70. The SMILES string of the molecule is Cc1nc(CC(N)C(C)(F)F)sc1C. The van der Waals surface area contributed by atoms with E-state index < -0.39 is 12.0 Å². The van der Waals surface area contributed by atoms with Gasteiger partial charge in [-0.2, -0.15) is 0 Å².